The molecule has 0 bridgehead atoms. The first-order chi connectivity index (χ1) is 13.8. The van der Waals surface area contributed by atoms with Crippen molar-refractivity contribution in [3.8, 4) is 17.0 Å². The van der Waals surface area contributed by atoms with Gasteiger partial charge >= 0.3 is 0 Å². The molecule has 0 fully saturated rings. The Morgan fingerprint density at radius 3 is 2.14 bits per heavy atom. The van der Waals surface area contributed by atoms with Crippen molar-refractivity contribution in [2.75, 3.05) is 7.11 Å². The highest BCUT2D eigenvalue weighted by Crippen LogP contribution is 2.27. The molecule has 28 heavy (non-hydrogen) atoms. The lowest BCUT2D eigenvalue weighted by molar-refractivity contribution is 0.415. The maximum atomic E-state index is 5.28. The molecule has 5 rings (SSSR count). The van der Waals surface area contributed by atoms with E-state index < -0.39 is 0 Å². The van der Waals surface area contributed by atoms with Gasteiger partial charge < -0.3 is 9.72 Å². The van der Waals surface area contributed by atoms with Crippen LogP contribution in [0.5, 0.6) is 5.75 Å². The number of rotatable bonds is 4. The van der Waals surface area contributed by atoms with Crippen molar-refractivity contribution in [2.24, 2.45) is 0 Å². The number of imidazole rings is 1. The lowest BCUT2D eigenvalue weighted by Crippen LogP contribution is -2.01. The van der Waals surface area contributed by atoms with Crippen molar-refractivity contribution < 1.29 is 4.74 Å². The number of hydrogen-bond donors (Lipinski definition) is 1. The Hall–Kier alpha value is -3.73. The van der Waals surface area contributed by atoms with Gasteiger partial charge in [0.25, 0.3) is 0 Å². The molecule has 5 nitrogen and oxygen atoms in total. The van der Waals surface area contributed by atoms with Crippen molar-refractivity contribution in [2.45, 2.75) is 6.42 Å². The van der Waals surface area contributed by atoms with Crippen LogP contribution in [-0.4, -0.2) is 27.0 Å². The number of H-pyrrole nitrogens is 1. The summed E-state index contributed by atoms with van der Waals surface area (Å²) in [6, 6.07) is 23.9. The summed E-state index contributed by atoms with van der Waals surface area (Å²) in [7, 11) is 1.66. The second-order valence-corrected chi connectivity index (χ2v) is 6.61. The Bertz CT molecular complexity index is 1240. The second-order valence-electron chi connectivity index (χ2n) is 6.61. The van der Waals surface area contributed by atoms with Crippen LogP contribution in [0.1, 0.15) is 11.5 Å². The van der Waals surface area contributed by atoms with E-state index in [0.717, 1.165) is 50.6 Å². The number of nitrogens with one attached hydrogen (secondary N) is 1. The number of aromatic amines is 1. The van der Waals surface area contributed by atoms with Gasteiger partial charge in [-0.25, -0.2) is 15.0 Å². The largest absolute Gasteiger partial charge is 0.497 e. The van der Waals surface area contributed by atoms with Crippen LogP contribution in [0.25, 0.3) is 33.3 Å². The lowest BCUT2D eigenvalue weighted by Gasteiger charge is -2.10. The maximum absolute atomic E-state index is 5.28. The number of hydrogen-bond acceptors (Lipinski definition) is 4. The van der Waals surface area contributed by atoms with Crippen LogP contribution < -0.4 is 4.74 Å². The van der Waals surface area contributed by atoms with Crippen molar-refractivity contribution in [3.63, 3.8) is 0 Å². The van der Waals surface area contributed by atoms with E-state index in [-0.39, 0.29) is 0 Å². The summed E-state index contributed by atoms with van der Waals surface area (Å²) < 4.78 is 5.28. The van der Waals surface area contributed by atoms with Crippen LogP contribution in [0, 0.1) is 0 Å². The molecule has 0 saturated carbocycles. The first-order valence-corrected chi connectivity index (χ1v) is 9.14. The molecule has 136 valence electrons. The van der Waals surface area contributed by atoms with Crippen molar-refractivity contribution in [3.05, 3.63) is 84.3 Å². The molecule has 0 saturated heterocycles. The number of ether oxygens (including phenoxy) is 1. The average molecular weight is 366 g/mol. The van der Waals surface area contributed by atoms with Crippen LogP contribution in [-0.2, 0) is 6.42 Å². The van der Waals surface area contributed by atoms with Crippen LogP contribution >= 0.6 is 0 Å². The van der Waals surface area contributed by atoms with E-state index in [1.807, 2.05) is 72.8 Å². The molecule has 0 spiro atoms. The lowest BCUT2D eigenvalue weighted by atomic mass is 10.1. The highest BCUT2D eigenvalue weighted by molar-refractivity contribution is 5.79. The number of para-hydroxylation sites is 4. The van der Waals surface area contributed by atoms with Gasteiger partial charge in [0.2, 0.25) is 0 Å². The monoisotopic (exact) mass is 366 g/mol. The number of nitrogens with zero attached hydrogens (tertiary/aromatic N) is 3. The van der Waals surface area contributed by atoms with E-state index >= 15 is 0 Å². The number of methoxy groups -OCH3 is 1. The molecule has 5 aromatic rings. The standard InChI is InChI=1S/C23H18N4O/c1-28-16-12-10-15(11-13-16)23-21(24-17-6-2-5-9-20(17)27-23)14-22-25-18-7-3-4-8-19(18)26-22/h2-13H,14H2,1H3,(H,25,26). The van der Waals surface area contributed by atoms with Gasteiger partial charge in [0, 0.05) is 5.56 Å². The van der Waals surface area contributed by atoms with Crippen LogP contribution in [0.3, 0.4) is 0 Å². The summed E-state index contributed by atoms with van der Waals surface area (Å²) in [6.07, 6.45) is 0.577. The molecule has 3 aromatic carbocycles. The molecule has 0 aliphatic heterocycles. The van der Waals surface area contributed by atoms with Gasteiger partial charge in [-0.1, -0.05) is 24.3 Å². The van der Waals surface area contributed by atoms with Gasteiger partial charge in [-0.2, -0.15) is 0 Å². The summed E-state index contributed by atoms with van der Waals surface area (Å²) in [5.74, 6) is 1.69. The molecular weight excluding hydrogens is 348 g/mol. The Kier molecular flexibility index (Phi) is 3.98. The van der Waals surface area contributed by atoms with E-state index in [2.05, 4.69) is 4.98 Å². The van der Waals surface area contributed by atoms with E-state index in [4.69, 9.17) is 19.7 Å². The number of fused-ring (bicyclic) bond motifs is 2. The molecule has 0 radical (unpaired) electrons. The predicted octanol–water partition coefficient (Wildman–Crippen LogP) is 4.77. The zero-order valence-corrected chi connectivity index (χ0v) is 15.4. The summed E-state index contributed by atoms with van der Waals surface area (Å²) >= 11 is 0. The van der Waals surface area contributed by atoms with Gasteiger partial charge in [-0.3, -0.25) is 0 Å². The van der Waals surface area contributed by atoms with Gasteiger partial charge in [0.15, 0.2) is 0 Å². The van der Waals surface area contributed by atoms with Gasteiger partial charge in [0.05, 0.1) is 47.0 Å². The second kappa shape index (κ2) is 6.78. The van der Waals surface area contributed by atoms with Crippen molar-refractivity contribution in [1.82, 2.24) is 19.9 Å². The van der Waals surface area contributed by atoms with E-state index in [1.165, 1.54) is 0 Å². The summed E-state index contributed by atoms with van der Waals surface area (Å²) in [6.45, 7) is 0. The molecule has 1 N–H and O–H groups in total. The molecule has 2 heterocycles. The molecule has 0 atom stereocenters. The molecule has 0 unspecified atom stereocenters. The minimum atomic E-state index is 0.577. The average Bonchev–Trinajstić information content (AvgIpc) is 3.16. The minimum Gasteiger partial charge on any atom is -0.497 e. The van der Waals surface area contributed by atoms with Gasteiger partial charge in [0.1, 0.15) is 11.6 Å². The van der Waals surface area contributed by atoms with Crippen LogP contribution in [0.4, 0.5) is 0 Å². The Labute approximate surface area is 162 Å². The quantitative estimate of drug-likeness (QED) is 0.497. The fourth-order valence-electron chi connectivity index (χ4n) is 3.39. The van der Waals surface area contributed by atoms with Gasteiger partial charge in [-0.05, 0) is 48.5 Å². The topological polar surface area (TPSA) is 63.7 Å². The van der Waals surface area contributed by atoms with Crippen molar-refractivity contribution in [1.29, 1.82) is 0 Å². The fraction of sp³-hybridized carbons (Fsp3) is 0.0870. The normalized spacial score (nSPS) is 11.2. The zero-order chi connectivity index (χ0) is 18.9. The summed E-state index contributed by atoms with van der Waals surface area (Å²) in [4.78, 5) is 17.9. The summed E-state index contributed by atoms with van der Waals surface area (Å²) in [5.41, 5.74) is 6.50. The third-order valence-corrected chi connectivity index (χ3v) is 4.78. The predicted molar refractivity (Wildman–Crippen MR) is 110 cm³/mol. The first-order valence-electron chi connectivity index (χ1n) is 9.14. The molecule has 0 aliphatic rings. The maximum Gasteiger partial charge on any atom is 0.118 e. The summed E-state index contributed by atoms with van der Waals surface area (Å²) in [5, 5.41) is 0. The van der Waals surface area contributed by atoms with Gasteiger partial charge in [-0.15, -0.1) is 0 Å². The Balaban J connectivity index is 1.64. The van der Waals surface area contributed by atoms with E-state index in [9.17, 15) is 0 Å². The molecule has 2 aromatic heterocycles. The molecule has 0 aliphatic carbocycles. The fourth-order valence-corrected chi connectivity index (χ4v) is 3.39. The van der Waals surface area contributed by atoms with Crippen LogP contribution in [0.15, 0.2) is 72.8 Å². The Morgan fingerprint density at radius 2 is 1.43 bits per heavy atom. The molecular formula is C23H18N4O. The SMILES string of the molecule is COc1ccc(-c2nc3ccccc3nc2Cc2nc3ccccc3[nH]2)cc1. The smallest absolute Gasteiger partial charge is 0.118 e. The van der Waals surface area contributed by atoms with E-state index in [1.54, 1.807) is 7.11 Å². The van der Waals surface area contributed by atoms with E-state index in [0.29, 0.717) is 6.42 Å². The van der Waals surface area contributed by atoms with Crippen molar-refractivity contribution >= 4 is 22.1 Å². The first kappa shape index (κ1) is 16.4. The zero-order valence-electron chi connectivity index (χ0n) is 15.4. The minimum absolute atomic E-state index is 0.577. The molecule has 5 heteroatoms. The number of benzene rings is 3. The third-order valence-electron chi connectivity index (χ3n) is 4.78. The Morgan fingerprint density at radius 1 is 0.750 bits per heavy atom. The highest BCUT2D eigenvalue weighted by Gasteiger charge is 2.14. The number of aromatic nitrogens is 4. The third kappa shape index (κ3) is 2.97. The van der Waals surface area contributed by atoms with Crippen LogP contribution in [0.2, 0.25) is 0 Å². The molecule has 0 amide bonds. The highest BCUT2D eigenvalue weighted by atomic mass is 16.5.